The van der Waals surface area contributed by atoms with Crippen molar-refractivity contribution >= 4 is 17.7 Å². The molecule has 0 aliphatic heterocycles. The van der Waals surface area contributed by atoms with E-state index in [9.17, 15) is 9.59 Å². The van der Waals surface area contributed by atoms with E-state index in [-0.39, 0.29) is 5.56 Å². The number of carbonyl (C=O) groups is 2. The lowest BCUT2D eigenvalue weighted by atomic mass is 10.2. The van der Waals surface area contributed by atoms with Gasteiger partial charge in [0, 0.05) is 6.54 Å². The van der Waals surface area contributed by atoms with Crippen LogP contribution in [0.2, 0.25) is 0 Å². The number of carboxylic acids is 1. The fourth-order valence-corrected chi connectivity index (χ4v) is 1.39. The van der Waals surface area contributed by atoms with E-state index in [0.29, 0.717) is 24.4 Å². The van der Waals surface area contributed by atoms with Crippen molar-refractivity contribution in [2.45, 2.75) is 6.42 Å². The summed E-state index contributed by atoms with van der Waals surface area (Å²) >= 11 is 0. The first-order chi connectivity index (χ1) is 9.08. The van der Waals surface area contributed by atoms with Crippen LogP contribution in [0.4, 0.5) is 10.5 Å². The van der Waals surface area contributed by atoms with Gasteiger partial charge in [-0.2, -0.15) is 0 Å². The van der Waals surface area contributed by atoms with E-state index >= 15 is 0 Å². The van der Waals surface area contributed by atoms with Crippen molar-refractivity contribution in [2.75, 3.05) is 19.0 Å². The third kappa shape index (κ3) is 4.34. The minimum Gasteiger partial charge on any atom is -0.495 e. The summed E-state index contributed by atoms with van der Waals surface area (Å²) in [6.07, 6.45) is 2.34. The van der Waals surface area contributed by atoms with E-state index in [1.54, 1.807) is 6.08 Å². The summed E-state index contributed by atoms with van der Waals surface area (Å²) < 4.78 is 5.05. The zero-order valence-corrected chi connectivity index (χ0v) is 10.6. The van der Waals surface area contributed by atoms with Crippen LogP contribution < -0.4 is 15.4 Å². The molecule has 0 bridgehead atoms. The van der Waals surface area contributed by atoms with Crippen LogP contribution in [-0.4, -0.2) is 30.8 Å². The molecule has 0 saturated carbocycles. The van der Waals surface area contributed by atoms with E-state index in [1.165, 1.54) is 25.3 Å². The van der Waals surface area contributed by atoms with Crippen molar-refractivity contribution in [3.63, 3.8) is 0 Å². The number of urea groups is 1. The van der Waals surface area contributed by atoms with E-state index in [1.807, 2.05) is 0 Å². The molecule has 6 nitrogen and oxygen atoms in total. The lowest BCUT2D eigenvalue weighted by molar-refractivity contribution is 0.0697. The van der Waals surface area contributed by atoms with E-state index < -0.39 is 12.0 Å². The summed E-state index contributed by atoms with van der Waals surface area (Å²) in [6, 6.07) is 3.81. The number of ether oxygens (including phenoxy) is 1. The fraction of sp³-hybridized carbons (Fsp3) is 0.231. The molecular weight excluding hydrogens is 248 g/mol. The number of anilines is 1. The first kappa shape index (κ1) is 14.6. The van der Waals surface area contributed by atoms with Crippen LogP contribution in [0.25, 0.3) is 0 Å². The topological polar surface area (TPSA) is 87.7 Å². The molecule has 0 fully saturated rings. The molecule has 0 heterocycles. The number of benzene rings is 1. The average molecular weight is 264 g/mol. The Kier molecular flexibility index (Phi) is 5.40. The third-order valence-electron chi connectivity index (χ3n) is 2.33. The quantitative estimate of drug-likeness (QED) is 0.542. The molecule has 0 spiro atoms. The molecule has 1 aromatic carbocycles. The maximum atomic E-state index is 11.6. The molecule has 0 aliphatic rings. The van der Waals surface area contributed by atoms with Crippen molar-refractivity contribution < 1.29 is 19.4 Å². The first-order valence-electron chi connectivity index (χ1n) is 5.65. The number of rotatable bonds is 6. The molecule has 0 radical (unpaired) electrons. The van der Waals surface area contributed by atoms with Gasteiger partial charge in [-0.15, -0.1) is 6.58 Å². The Hall–Kier alpha value is -2.50. The van der Waals surface area contributed by atoms with Crippen LogP contribution in [0.15, 0.2) is 30.9 Å². The molecule has 19 heavy (non-hydrogen) atoms. The number of nitrogens with one attached hydrogen (secondary N) is 2. The van der Waals surface area contributed by atoms with Gasteiger partial charge in [-0.05, 0) is 24.6 Å². The number of carboxylic acid groups (broad SMARTS) is 1. The zero-order valence-electron chi connectivity index (χ0n) is 10.6. The van der Waals surface area contributed by atoms with Crippen molar-refractivity contribution in [3.05, 3.63) is 36.4 Å². The Morgan fingerprint density at radius 2 is 2.21 bits per heavy atom. The van der Waals surface area contributed by atoms with Gasteiger partial charge < -0.3 is 20.5 Å². The summed E-state index contributed by atoms with van der Waals surface area (Å²) in [6.45, 7) is 4.00. The molecule has 102 valence electrons. The Labute approximate surface area is 111 Å². The molecule has 1 aromatic rings. The molecule has 0 atom stereocenters. The van der Waals surface area contributed by atoms with Crippen molar-refractivity contribution in [1.29, 1.82) is 0 Å². The van der Waals surface area contributed by atoms with Gasteiger partial charge >= 0.3 is 12.0 Å². The maximum absolute atomic E-state index is 11.6. The van der Waals surface area contributed by atoms with Crippen LogP contribution in [-0.2, 0) is 0 Å². The lowest BCUT2D eigenvalue weighted by Gasteiger charge is -2.11. The summed E-state index contributed by atoms with van der Waals surface area (Å²) in [7, 11) is 1.44. The van der Waals surface area contributed by atoms with Crippen molar-refractivity contribution in [3.8, 4) is 5.75 Å². The average Bonchev–Trinajstić information content (AvgIpc) is 2.38. The normalized spacial score (nSPS) is 9.53. The number of hydrogen-bond donors (Lipinski definition) is 3. The highest BCUT2D eigenvalue weighted by atomic mass is 16.5. The second-order valence-electron chi connectivity index (χ2n) is 3.68. The van der Waals surface area contributed by atoms with Gasteiger partial charge in [0.2, 0.25) is 0 Å². The number of carbonyl (C=O) groups excluding carboxylic acids is 1. The second-order valence-corrected chi connectivity index (χ2v) is 3.68. The van der Waals surface area contributed by atoms with E-state index in [4.69, 9.17) is 9.84 Å². The van der Waals surface area contributed by atoms with Gasteiger partial charge in [0.25, 0.3) is 0 Å². The highest BCUT2D eigenvalue weighted by Crippen LogP contribution is 2.25. The number of hydrogen-bond acceptors (Lipinski definition) is 3. The van der Waals surface area contributed by atoms with Crippen LogP contribution >= 0.6 is 0 Å². The largest absolute Gasteiger partial charge is 0.495 e. The summed E-state index contributed by atoms with van der Waals surface area (Å²) in [5.74, 6) is -0.679. The lowest BCUT2D eigenvalue weighted by Crippen LogP contribution is -2.29. The van der Waals surface area contributed by atoms with Crippen molar-refractivity contribution in [1.82, 2.24) is 5.32 Å². The first-order valence-corrected chi connectivity index (χ1v) is 5.65. The monoisotopic (exact) mass is 264 g/mol. The fourth-order valence-electron chi connectivity index (χ4n) is 1.39. The second kappa shape index (κ2) is 7.05. The highest BCUT2D eigenvalue weighted by Gasteiger charge is 2.11. The molecule has 2 amide bonds. The number of methoxy groups -OCH3 is 1. The molecular formula is C13H16N2O4. The van der Waals surface area contributed by atoms with Crippen LogP contribution in [0.5, 0.6) is 5.75 Å². The highest BCUT2D eigenvalue weighted by molar-refractivity contribution is 5.94. The van der Waals surface area contributed by atoms with Gasteiger partial charge in [0.15, 0.2) is 0 Å². The van der Waals surface area contributed by atoms with Gasteiger partial charge in [-0.25, -0.2) is 9.59 Å². The number of amides is 2. The van der Waals surface area contributed by atoms with Gasteiger partial charge in [-0.3, -0.25) is 0 Å². The predicted molar refractivity (Wildman–Crippen MR) is 71.8 cm³/mol. The Bertz CT molecular complexity index is 486. The molecule has 1 rings (SSSR count). The molecule has 0 aromatic heterocycles. The number of aromatic carboxylic acids is 1. The zero-order chi connectivity index (χ0) is 14.3. The SMILES string of the molecule is C=CCCNC(=O)Nc1cc(C(=O)O)ccc1OC. The van der Waals surface area contributed by atoms with E-state index in [2.05, 4.69) is 17.2 Å². The van der Waals surface area contributed by atoms with E-state index in [0.717, 1.165) is 0 Å². The molecule has 0 aliphatic carbocycles. The van der Waals surface area contributed by atoms with Crippen LogP contribution in [0, 0.1) is 0 Å². The minimum absolute atomic E-state index is 0.0715. The Morgan fingerprint density at radius 3 is 2.79 bits per heavy atom. The summed E-state index contributed by atoms with van der Waals surface area (Å²) in [5.41, 5.74) is 0.376. The van der Waals surface area contributed by atoms with Gasteiger partial charge in [0.05, 0.1) is 18.4 Å². The predicted octanol–water partition coefficient (Wildman–Crippen LogP) is 2.09. The maximum Gasteiger partial charge on any atom is 0.335 e. The molecule has 0 saturated heterocycles. The molecule has 6 heteroatoms. The van der Waals surface area contributed by atoms with Crippen LogP contribution in [0.3, 0.4) is 0 Å². The van der Waals surface area contributed by atoms with Gasteiger partial charge in [-0.1, -0.05) is 6.08 Å². The minimum atomic E-state index is -1.07. The summed E-state index contributed by atoms with van der Waals surface area (Å²) in [5, 5.41) is 14.1. The Balaban J connectivity index is 2.79. The van der Waals surface area contributed by atoms with Crippen LogP contribution in [0.1, 0.15) is 16.8 Å². The molecule has 3 N–H and O–H groups in total. The third-order valence-corrected chi connectivity index (χ3v) is 2.33. The Morgan fingerprint density at radius 1 is 1.47 bits per heavy atom. The van der Waals surface area contributed by atoms with Crippen molar-refractivity contribution in [2.24, 2.45) is 0 Å². The molecule has 0 unspecified atom stereocenters. The summed E-state index contributed by atoms with van der Waals surface area (Å²) in [4.78, 5) is 22.4. The standard InChI is InChI=1S/C13H16N2O4/c1-3-4-7-14-13(18)15-10-8-9(12(16)17)5-6-11(10)19-2/h3,5-6,8H,1,4,7H2,2H3,(H,16,17)(H2,14,15,18). The smallest absolute Gasteiger partial charge is 0.335 e. The van der Waals surface area contributed by atoms with Gasteiger partial charge in [0.1, 0.15) is 5.75 Å².